The largest absolute Gasteiger partial charge is 4.00 e. The summed E-state index contributed by atoms with van der Waals surface area (Å²) >= 11 is 0. The molecule has 0 aliphatic carbocycles. The smallest absolute Gasteiger partial charge is 0.759 e. The molecule has 0 aliphatic rings. The Balaban J connectivity index is -0.000000107. The molecule has 0 aromatic heterocycles. The zero-order valence-corrected chi connectivity index (χ0v) is 8.13. The third-order valence-electron chi connectivity index (χ3n) is 0. The zero-order valence-electron chi connectivity index (χ0n) is 4.49. The first-order valence-electron chi connectivity index (χ1n) is 1.33. The molecule has 0 aromatic rings. The van der Waals surface area contributed by atoms with Crippen LogP contribution in [0.4, 0.5) is 0 Å². The SMILES string of the molecule is O=S(=O)([O-])[O-].O=S(=O)([O-])[O-].[Mo+4]. The summed E-state index contributed by atoms with van der Waals surface area (Å²) in [5, 5.41) is 0. The van der Waals surface area contributed by atoms with Crippen molar-refractivity contribution in [3.05, 3.63) is 0 Å². The Morgan fingerprint density at radius 3 is 0.636 bits per heavy atom. The van der Waals surface area contributed by atoms with Crippen LogP contribution in [-0.4, -0.2) is 35.0 Å². The average molecular weight is 288 g/mol. The summed E-state index contributed by atoms with van der Waals surface area (Å²) in [4.78, 5) is 0. The van der Waals surface area contributed by atoms with E-state index in [0.717, 1.165) is 0 Å². The quantitative estimate of drug-likeness (QED) is 0.264. The van der Waals surface area contributed by atoms with E-state index in [1.54, 1.807) is 0 Å². The van der Waals surface area contributed by atoms with Crippen LogP contribution in [0.3, 0.4) is 0 Å². The van der Waals surface area contributed by atoms with Gasteiger partial charge in [0.25, 0.3) is 0 Å². The van der Waals surface area contributed by atoms with Crippen LogP contribution in [-0.2, 0) is 41.9 Å². The van der Waals surface area contributed by atoms with Gasteiger partial charge in [0.2, 0.25) is 0 Å². The third-order valence-corrected chi connectivity index (χ3v) is 0. The number of hydrogen-bond acceptors (Lipinski definition) is 8. The Hall–Kier alpha value is 0.428. The summed E-state index contributed by atoms with van der Waals surface area (Å²) in [5.41, 5.74) is 0. The van der Waals surface area contributed by atoms with Gasteiger partial charge in [-0.3, -0.25) is 16.8 Å². The van der Waals surface area contributed by atoms with Crippen LogP contribution in [0, 0.1) is 0 Å². The maximum atomic E-state index is 8.52. The summed E-state index contributed by atoms with van der Waals surface area (Å²) in [5.74, 6) is 0. The minimum Gasteiger partial charge on any atom is -0.759 e. The van der Waals surface area contributed by atoms with Crippen molar-refractivity contribution in [2.24, 2.45) is 0 Å². The van der Waals surface area contributed by atoms with Crippen LogP contribution in [0.2, 0.25) is 0 Å². The molecule has 0 aliphatic heterocycles. The number of rotatable bonds is 0. The second-order valence-corrected chi connectivity index (χ2v) is 2.45. The van der Waals surface area contributed by atoms with Gasteiger partial charge >= 0.3 is 21.1 Å². The van der Waals surface area contributed by atoms with Crippen molar-refractivity contribution in [2.75, 3.05) is 0 Å². The van der Waals surface area contributed by atoms with Gasteiger partial charge in [0.1, 0.15) is 0 Å². The fraction of sp³-hybridized carbons (Fsp3) is 0. The maximum Gasteiger partial charge on any atom is 4.00 e. The first kappa shape index (κ1) is 17.5. The standard InChI is InChI=1S/Mo.2H2O4S/c;2*1-5(2,3)4/h;2*(H2,1,2,3,4)/q+4;;/p-4. The van der Waals surface area contributed by atoms with Crippen molar-refractivity contribution < 1.29 is 56.1 Å². The van der Waals surface area contributed by atoms with E-state index in [0.29, 0.717) is 0 Å². The third kappa shape index (κ3) is 4040. The molecule has 0 saturated heterocycles. The van der Waals surface area contributed by atoms with Gasteiger partial charge in [-0.15, -0.1) is 0 Å². The molecule has 11 heteroatoms. The Kier molecular flexibility index (Phi) is 9.55. The molecular formula is MoO8S2. The minimum atomic E-state index is -5.17. The zero-order chi connectivity index (χ0) is 9.00. The fourth-order valence-electron chi connectivity index (χ4n) is 0. The molecule has 0 fully saturated rings. The topological polar surface area (TPSA) is 161 Å². The molecule has 0 atom stereocenters. The van der Waals surface area contributed by atoms with E-state index in [9.17, 15) is 0 Å². The van der Waals surface area contributed by atoms with E-state index >= 15 is 0 Å². The van der Waals surface area contributed by atoms with E-state index in [1.807, 2.05) is 0 Å². The van der Waals surface area contributed by atoms with E-state index in [2.05, 4.69) is 0 Å². The van der Waals surface area contributed by atoms with E-state index in [1.165, 1.54) is 0 Å². The van der Waals surface area contributed by atoms with Crippen LogP contribution in [0.15, 0.2) is 0 Å². The maximum absolute atomic E-state index is 8.52. The van der Waals surface area contributed by atoms with Crippen molar-refractivity contribution in [3.8, 4) is 0 Å². The molecule has 0 bridgehead atoms. The Morgan fingerprint density at radius 1 is 0.636 bits per heavy atom. The first-order valence-corrected chi connectivity index (χ1v) is 4.00. The predicted molar refractivity (Wildman–Crippen MR) is 20.9 cm³/mol. The van der Waals surface area contributed by atoms with Gasteiger partial charge in [-0.1, -0.05) is 0 Å². The summed E-state index contributed by atoms with van der Waals surface area (Å²) in [6.45, 7) is 0. The van der Waals surface area contributed by atoms with Crippen molar-refractivity contribution in [3.63, 3.8) is 0 Å². The second-order valence-electron chi connectivity index (χ2n) is 0.816. The van der Waals surface area contributed by atoms with E-state index in [-0.39, 0.29) is 21.1 Å². The second kappa shape index (κ2) is 6.00. The van der Waals surface area contributed by atoms with Gasteiger partial charge in [-0.2, -0.15) is 0 Å². The van der Waals surface area contributed by atoms with Crippen molar-refractivity contribution in [2.45, 2.75) is 0 Å². The normalized spacial score (nSPS) is 10.5. The molecule has 0 spiro atoms. The molecule has 0 radical (unpaired) electrons. The fourth-order valence-corrected chi connectivity index (χ4v) is 0. The van der Waals surface area contributed by atoms with Crippen LogP contribution < -0.4 is 0 Å². The van der Waals surface area contributed by atoms with Gasteiger partial charge in [0.15, 0.2) is 0 Å². The molecule has 0 saturated carbocycles. The Morgan fingerprint density at radius 2 is 0.636 bits per heavy atom. The van der Waals surface area contributed by atoms with Gasteiger partial charge in [-0.05, 0) is 0 Å². The molecule has 66 valence electrons. The minimum absolute atomic E-state index is 0. The summed E-state index contributed by atoms with van der Waals surface area (Å²) in [6, 6.07) is 0. The average Bonchev–Trinajstić information content (AvgIpc) is 1.12. The molecule has 0 unspecified atom stereocenters. The van der Waals surface area contributed by atoms with Gasteiger partial charge in [0.05, 0.1) is 0 Å². The summed E-state index contributed by atoms with van der Waals surface area (Å²) in [7, 11) is -10.3. The monoisotopic (exact) mass is 290 g/mol. The van der Waals surface area contributed by atoms with Crippen LogP contribution in [0.25, 0.3) is 0 Å². The van der Waals surface area contributed by atoms with Crippen LogP contribution in [0.5, 0.6) is 0 Å². The van der Waals surface area contributed by atoms with E-state index < -0.39 is 20.8 Å². The summed E-state index contributed by atoms with van der Waals surface area (Å²) in [6.07, 6.45) is 0. The summed E-state index contributed by atoms with van der Waals surface area (Å²) < 4.78 is 68.2. The predicted octanol–water partition coefficient (Wildman–Crippen LogP) is -2.68. The Bertz CT molecular complexity index is 208. The van der Waals surface area contributed by atoms with E-state index in [4.69, 9.17) is 35.0 Å². The molecule has 0 heterocycles. The van der Waals surface area contributed by atoms with Gasteiger partial charge in [0, 0.05) is 20.8 Å². The van der Waals surface area contributed by atoms with Crippen molar-refractivity contribution in [1.29, 1.82) is 0 Å². The molecule has 0 amide bonds. The molecule has 11 heavy (non-hydrogen) atoms. The molecule has 0 aromatic carbocycles. The molecular weight excluding hydrogens is 288 g/mol. The van der Waals surface area contributed by atoms with Gasteiger partial charge in [-0.25, -0.2) is 0 Å². The van der Waals surface area contributed by atoms with Crippen LogP contribution >= 0.6 is 0 Å². The molecule has 0 N–H and O–H groups in total. The van der Waals surface area contributed by atoms with Crippen molar-refractivity contribution >= 4 is 20.8 Å². The first-order chi connectivity index (χ1) is 4.00. The van der Waals surface area contributed by atoms with Gasteiger partial charge < -0.3 is 18.2 Å². The number of hydrogen-bond donors (Lipinski definition) is 0. The molecule has 8 nitrogen and oxygen atoms in total. The molecule has 0 rings (SSSR count). The van der Waals surface area contributed by atoms with Crippen molar-refractivity contribution in [1.82, 2.24) is 0 Å². The Labute approximate surface area is 77.0 Å². The van der Waals surface area contributed by atoms with Crippen LogP contribution in [0.1, 0.15) is 0 Å².